The van der Waals surface area contributed by atoms with Gasteiger partial charge >= 0.3 is 6.03 Å². The third-order valence-electron chi connectivity index (χ3n) is 3.85. The summed E-state index contributed by atoms with van der Waals surface area (Å²) in [5.74, 6) is -0.481. The van der Waals surface area contributed by atoms with Gasteiger partial charge < -0.3 is 10.3 Å². The number of imide groups is 1. The Morgan fingerprint density at radius 3 is 2.73 bits per heavy atom. The predicted octanol–water partition coefficient (Wildman–Crippen LogP) is 2.60. The van der Waals surface area contributed by atoms with Gasteiger partial charge in [0.05, 0.1) is 5.52 Å². The van der Waals surface area contributed by atoms with E-state index < -0.39 is 6.03 Å². The van der Waals surface area contributed by atoms with Gasteiger partial charge in [-0.05, 0) is 30.5 Å². The molecule has 0 radical (unpaired) electrons. The van der Waals surface area contributed by atoms with Crippen LogP contribution in [0.5, 0.6) is 0 Å². The fourth-order valence-electron chi connectivity index (χ4n) is 2.53. The van der Waals surface area contributed by atoms with Crippen LogP contribution >= 0.6 is 0 Å². The van der Waals surface area contributed by atoms with Gasteiger partial charge in [0.1, 0.15) is 5.82 Å². The smallest absolute Gasteiger partial charge is 0.323 e. The number of nitrogens with one attached hydrogen (secondary N) is 2. The fourth-order valence-corrected chi connectivity index (χ4v) is 2.53. The van der Waals surface area contributed by atoms with Crippen molar-refractivity contribution in [2.45, 2.75) is 26.2 Å². The normalized spacial score (nSPS) is 10.7. The standard InChI is InChI=1S/C16H20FN3O2/c1-4-11-13(17)7-6-12-10(9-19-15(11)12)5-8-14(21)20(3)16(22)18-2/h6-7,9,19H,4-5,8H2,1-3H3,(H,18,22). The number of nitrogens with zero attached hydrogens (tertiary/aromatic N) is 1. The molecule has 0 bridgehead atoms. The van der Waals surface area contributed by atoms with Crippen LogP contribution in [0.2, 0.25) is 0 Å². The number of H-pyrrole nitrogens is 1. The van der Waals surface area contributed by atoms with E-state index in [2.05, 4.69) is 10.3 Å². The lowest BCUT2D eigenvalue weighted by Gasteiger charge is -2.14. The fraction of sp³-hybridized carbons (Fsp3) is 0.375. The molecule has 1 aromatic carbocycles. The van der Waals surface area contributed by atoms with E-state index in [9.17, 15) is 14.0 Å². The van der Waals surface area contributed by atoms with Gasteiger partial charge in [-0.25, -0.2) is 9.18 Å². The molecule has 0 atom stereocenters. The van der Waals surface area contributed by atoms with Gasteiger partial charge in [-0.2, -0.15) is 0 Å². The van der Waals surface area contributed by atoms with Gasteiger partial charge in [-0.15, -0.1) is 0 Å². The molecule has 2 rings (SSSR count). The molecule has 22 heavy (non-hydrogen) atoms. The van der Waals surface area contributed by atoms with E-state index in [-0.39, 0.29) is 18.1 Å². The summed E-state index contributed by atoms with van der Waals surface area (Å²) in [4.78, 5) is 27.5. The Hall–Kier alpha value is -2.37. The molecule has 6 heteroatoms. The molecule has 0 aliphatic rings. The third-order valence-corrected chi connectivity index (χ3v) is 3.85. The van der Waals surface area contributed by atoms with Crippen LogP contribution < -0.4 is 5.32 Å². The minimum Gasteiger partial charge on any atom is -0.361 e. The first-order valence-corrected chi connectivity index (χ1v) is 7.25. The number of aromatic nitrogens is 1. The number of amides is 3. The van der Waals surface area contributed by atoms with Crippen molar-refractivity contribution >= 4 is 22.8 Å². The zero-order valence-electron chi connectivity index (χ0n) is 13.0. The first-order chi connectivity index (χ1) is 10.5. The Labute approximate surface area is 128 Å². The lowest BCUT2D eigenvalue weighted by Crippen LogP contribution is -2.39. The van der Waals surface area contributed by atoms with Crippen LogP contribution in [0.1, 0.15) is 24.5 Å². The Bertz CT molecular complexity index is 709. The minimum absolute atomic E-state index is 0.218. The van der Waals surface area contributed by atoms with Crippen molar-refractivity contribution in [3.8, 4) is 0 Å². The van der Waals surface area contributed by atoms with Gasteiger partial charge in [0.15, 0.2) is 0 Å². The summed E-state index contributed by atoms with van der Waals surface area (Å²) in [6.45, 7) is 1.90. The highest BCUT2D eigenvalue weighted by molar-refractivity contribution is 5.94. The first kappa shape index (κ1) is 16.0. The number of carbonyl (C=O) groups is 2. The number of rotatable bonds is 4. The number of urea groups is 1. The lowest BCUT2D eigenvalue weighted by atomic mass is 10.0. The number of hydrogen-bond donors (Lipinski definition) is 2. The van der Waals surface area contributed by atoms with Gasteiger partial charge in [-0.1, -0.05) is 6.92 Å². The van der Waals surface area contributed by atoms with Gasteiger partial charge in [0.2, 0.25) is 5.91 Å². The van der Waals surface area contributed by atoms with E-state index in [1.165, 1.54) is 20.2 Å². The van der Waals surface area contributed by atoms with Crippen LogP contribution in [0.4, 0.5) is 9.18 Å². The van der Waals surface area contributed by atoms with E-state index in [0.717, 1.165) is 21.4 Å². The molecule has 1 heterocycles. The van der Waals surface area contributed by atoms with Crippen molar-refractivity contribution < 1.29 is 14.0 Å². The molecule has 2 N–H and O–H groups in total. The molecule has 0 aliphatic heterocycles. The Morgan fingerprint density at radius 1 is 1.36 bits per heavy atom. The highest BCUT2D eigenvalue weighted by atomic mass is 19.1. The van der Waals surface area contributed by atoms with Crippen molar-refractivity contribution in [2.24, 2.45) is 0 Å². The number of halogens is 1. The quantitative estimate of drug-likeness (QED) is 0.912. The maximum absolute atomic E-state index is 13.8. The van der Waals surface area contributed by atoms with E-state index >= 15 is 0 Å². The number of benzene rings is 1. The summed E-state index contributed by atoms with van der Waals surface area (Å²) in [6.07, 6.45) is 3.11. The average Bonchev–Trinajstić information content (AvgIpc) is 2.94. The number of hydrogen-bond acceptors (Lipinski definition) is 2. The molecular formula is C16H20FN3O2. The van der Waals surface area contributed by atoms with Crippen molar-refractivity contribution in [3.63, 3.8) is 0 Å². The zero-order chi connectivity index (χ0) is 16.3. The minimum atomic E-state index is -0.431. The van der Waals surface area contributed by atoms with Crippen LogP contribution in [-0.2, 0) is 17.6 Å². The zero-order valence-corrected chi connectivity index (χ0v) is 13.0. The lowest BCUT2D eigenvalue weighted by molar-refractivity contribution is -0.127. The molecular weight excluding hydrogens is 285 g/mol. The molecule has 0 saturated heterocycles. The molecule has 1 aromatic heterocycles. The van der Waals surface area contributed by atoms with E-state index in [4.69, 9.17) is 0 Å². The van der Waals surface area contributed by atoms with Crippen molar-refractivity contribution in [1.29, 1.82) is 0 Å². The van der Waals surface area contributed by atoms with Crippen LogP contribution in [0.25, 0.3) is 10.9 Å². The predicted molar refractivity (Wildman–Crippen MR) is 83.2 cm³/mol. The van der Waals surface area contributed by atoms with E-state index in [0.29, 0.717) is 18.4 Å². The second-order valence-electron chi connectivity index (χ2n) is 5.12. The SMILES string of the molecule is CCc1c(F)ccc2c(CCC(=O)N(C)C(=O)NC)c[nH]c12. The van der Waals surface area contributed by atoms with Crippen LogP contribution in [0, 0.1) is 5.82 Å². The molecule has 0 spiro atoms. The Kier molecular flexibility index (Phi) is 4.80. The number of aryl methyl sites for hydroxylation is 2. The second kappa shape index (κ2) is 6.60. The average molecular weight is 305 g/mol. The number of fused-ring (bicyclic) bond motifs is 1. The Morgan fingerprint density at radius 2 is 2.09 bits per heavy atom. The molecule has 3 amide bonds. The van der Waals surface area contributed by atoms with Gasteiger partial charge in [-0.3, -0.25) is 9.69 Å². The van der Waals surface area contributed by atoms with E-state index in [1.54, 1.807) is 12.3 Å². The van der Waals surface area contributed by atoms with E-state index in [1.807, 2.05) is 6.92 Å². The molecule has 0 aliphatic carbocycles. The highest BCUT2D eigenvalue weighted by Crippen LogP contribution is 2.25. The van der Waals surface area contributed by atoms with Crippen molar-refractivity contribution in [3.05, 3.63) is 35.3 Å². The van der Waals surface area contributed by atoms with Crippen molar-refractivity contribution in [2.75, 3.05) is 14.1 Å². The van der Waals surface area contributed by atoms with Gasteiger partial charge in [0, 0.05) is 37.7 Å². The number of aromatic amines is 1. The number of carbonyl (C=O) groups excluding carboxylic acids is 2. The largest absolute Gasteiger partial charge is 0.361 e. The Balaban J connectivity index is 2.16. The third kappa shape index (κ3) is 2.95. The summed E-state index contributed by atoms with van der Waals surface area (Å²) in [5, 5.41) is 3.33. The molecule has 0 saturated carbocycles. The maximum Gasteiger partial charge on any atom is 0.323 e. The monoisotopic (exact) mass is 305 g/mol. The second-order valence-corrected chi connectivity index (χ2v) is 5.12. The summed E-state index contributed by atoms with van der Waals surface area (Å²) < 4.78 is 13.8. The summed E-state index contributed by atoms with van der Waals surface area (Å²) in [5.41, 5.74) is 2.38. The van der Waals surface area contributed by atoms with Crippen molar-refractivity contribution in [1.82, 2.24) is 15.2 Å². The van der Waals surface area contributed by atoms with Gasteiger partial charge in [0.25, 0.3) is 0 Å². The molecule has 2 aromatic rings. The summed E-state index contributed by atoms with van der Waals surface area (Å²) in [6, 6.07) is 2.75. The first-order valence-electron chi connectivity index (χ1n) is 7.25. The van der Waals surface area contributed by atoms with Crippen LogP contribution in [0.3, 0.4) is 0 Å². The maximum atomic E-state index is 13.8. The summed E-state index contributed by atoms with van der Waals surface area (Å²) >= 11 is 0. The molecule has 5 nitrogen and oxygen atoms in total. The van der Waals surface area contributed by atoms with Crippen LogP contribution in [-0.4, -0.2) is 35.9 Å². The summed E-state index contributed by atoms with van der Waals surface area (Å²) in [7, 11) is 2.92. The highest BCUT2D eigenvalue weighted by Gasteiger charge is 2.16. The van der Waals surface area contributed by atoms with Crippen LogP contribution in [0.15, 0.2) is 18.3 Å². The molecule has 118 valence electrons. The molecule has 0 fully saturated rings. The molecule has 0 unspecified atom stereocenters. The topological polar surface area (TPSA) is 65.2 Å².